The van der Waals surface area contributed by atoms with Crippen molar-refractivity contribution in [2.45, 2.75) is 0 Å². The zero-order valence-electron chi connectivity index (χ0n) is 7.33. The first kappa shape index (κ1) is 8.08. The molecule has 66 valence electrons. The van der Waals surface area contributed by atoms with Crippen molar-refractivity contribution in [3.05, 3.63) is 42.1 Å². The highest BCUT2D eigenvalue weighted by Gasteiger charge is 1.94. The van der Waals surface area contributed by atoms with Gasteiger partial charge in [-0.25, -0.2) is 0 Å². The Bertz CT molecular complexity index is 393. The first-order valence-corrected chi connectivity index (χ1v) is 4.34. The summed E-state index contributed by atoms with van der Waals surface area (Å²) in [5.74, 6) is 0. The van der Waals surface area contributed by atoms with Crippen molar-refractivity contribution < 1.29 is 0 Å². The Labute approximate surface area is 77.1 Å². The van der Waals surface area contributed by atoms with E-state index in [0.717, 1.165) is 5.69 Å². The highest BCUT2D eigenvalue weighted by atomic mass is 14.7. The largest absolute Gasteiger partial charge is 0.355 e. The summed E-state index contributed by atoms with van der Waals surface area (Å²) in [5, 5.41) is 1.24. The van der Waals surface area contributed by atoms with Crippen LogP contribution in [0.1, 0.15) is 5.69 Å². The third-order valence-corrected chi connectivity index (χ3v) is 1.98. The molecule has 2 rings (SSSR count). The molecule has 0 aliphatic heterocycles. The van der Waals surface area contributed by atoms with Crippen molar-refractivity contribution in [1.82, 2.24) is 4.98 Å². The minimum Gasteiger partial charge on any atom is -0.355 e. The molecule has 0 fully saturated rings. The average molecular weight is 172 g/mol. The van der Waals surface area contributed by atoms with E-state index in [-0.39, 0.29) is 0 Å². The number of hydrogen-bond donors (Lipinski definition) is 2. The molecule has 2 aromatic rings. The second kappa shape index (κ2) is 3.46. The van der Waals surface area contributed by atoms with Gasteiger partial charge in [0.25, 0.3) is 0 Å². The van der Waals surface area contributed by atoms with Crippen LogP contribution in [0.15, 0.2) is 36.4 Å². The Morgan fingerprint density at radius 1 is 1.31 bits per heavy atom. The van der Waals surface area contributed by atoms with Gasteiger partial charge >= 0.3 is 0 Å². The summed E-state index contributed by atoms with van der Waals surface area (Å²) < 4.78 is 0. The van der Waals surface area contributed by atoms with E-state index in [4.69, 9.17) is 5.73 Å². The summed E-state index contributed by atoms with van der Waals surface area (Å²) in [5.41, 5.74) is 7.64. The number of aromatic amines is 1. The smallest absolute Gasteiger partial charge is 0.0458 e. The molecule has 0 amide bonds. The van der Waals surface area contributed by atoms with Crippen molar-refractivity contribution in [3.63, 3.8) is 0 Å². The molecule has 1 aromatic carbocycles. The number of H-pyrrole nitrogens is 1. The van der Waals surface area contributed by atoms with Crippen LogP contribution < -0.4 is 5.73 Å². The van der Waals surface area contributed by atoms with Gasteiger partial charge in [-0.15, -0.1) is 0 Å². The van der Waals surface area contributed by atoms with Gasteiger partial charge in [0.15, 0.2) is 0 Å². The number of nitrogens with two attached hydrogens (primary N) is 1. The number of para-hydroxylation sites is 1. The minimum atomic E-state index is 0.579. The van der Waals surface area contributed by atoms with Crippen LogP contribution in [0, 0.1) is 0 Å². The average Bonchev–Trinajstić information content (AvgIpc) is 2.57. The van der Waals surface area contributed by atoms with E-state index in [1.54, 1.807) is 0 Å². The predicted molar refractivity (Wildman–Crippen MR) is 56.4 cm³/mol. The van der Waals surface area contributed by atoms with Crippen LogP contribution in [-0.4, -0.2) is 11.5 Å². The van der Waals surface area contributed by atoms with Gasteiger partial charge in [-0.2, -0.15) is 0 Å². The lowest BCUT2D eigenvalue weighted by molar-refractivity contribution is 1.26. The zero-order valence-corrected chi connectivity index (χ0v) is 7.33. The molecule has 0 atom stereocenters. The van der Waals surface area contributed by atoms with E-state index in [9.17, 15) is 0 Å². The van der Waals surface area contributed by atoms with Gasteiger partial charge in [0.1, 0.15) is 0 Å². The Morgan fingerprint density at radius 2 is 2.15 bits per heavy atom. The second-order valence-electron chi connectivity index (χ2n) is 2.95. The van der Waals surface area contributed by atoms with E-state index < -0.39 is 0 Å². The van der Waals surface area contributed by atoms with E-state index in [1.807, 2.05) is 24.3 Å². The minimum absolute atomic E-state index is 0.579. The highest BCUT2D eigenvalue weighted by molar-refractivity contribution is 5.82. The van der Waals surface area contributed by atoms with E-state index in [2.05, 4.69) is 23.2 Å². The Hall–Kier alpha value is -1.54. The fraction of sp³-hybridized carbons (Fsp3) is 0.0909. The molecule has 13 heavy (non-hydrogen) atoms. The van der Waals surface area contributed by atoms with Gasteiger partial charge in [-0.3, -0.25) is 0 Å². The van der Waals surface area contributed by atoms with Crippen molar-refractivity contribution in [2.75, 3.05) is 6.54 Å². The lowest BCUT2D eigenvalue weighted by atomic mass is 10.2. The van der Waals surface area contributed by atoms with E-state index in [1.165, 1.54) is 10.9 Å². The van der Waals surface area contributed by atoms with Crippen LogP contribution in [0.25, 0.3) is 17.0 Å². The molecule has 0 spiro atoms. The van der Waals surface area contributed by atoms with Crippen LogP contribution in [-0.2, 0) is 0 Å². The third kappa shape index (κ3) is 1.63. The maximum absolute atomic E-state index is 5.37. The second-order valence-corrected chi connectivity index (χ2v) is 2.95. The SMILES string of the molecule is NCC=Cc1cc2ccccc2[nH]1. The Morgan fingerprint density at radius 3 is 2.92 bits per heavy atom. The molecule has 3 N–H and O–H groups in total. The number of hydrogen-bond acceptors (Lipinski definition) is 1. The summed E-state index contributed by atoms with van der Waals surface area (Å²) in [4.78, 5) is 3.29. The van der Waals surface area contributed by atoms with Gasteiger partial charge in [0, 0.05) is 17.8 Å². The number of fused-ring (bicyclic) bond motifs is 1. The molecule has 0 saturated heterocycles. The lowest BCUT2D eigenvalue weighted by Gasteiger charge is -1.84. The van der Waals surface area contributed by atoms with Crippen molar-refractivity contribution in [2.24, 2.45) is 5.73 Å². The van der Waals surface area contributed by atoms with Crippen molar-refractivity contribution >= 4 is 17.0 Å². The summed E-state index contributed by atoms with van der Waals surface area (Å²) in [7, 11) is 0. The highest BCUT2D eigenvalue weighted by Crippen LogP contribution is 2.15. The number of nitrogens with one attached hydrogen (secondary N) is 1. The molecule has 0 unspecified atom stereocenters. The Balaban J connectivity index is 2.44. The zero-order chi connectivity index (χ0) is 9.10. The summed E-state index contributed by atoms with van der Waals surface area (Å²) in [6.45, 7) is 0.579. The molecular weight excluding hydrogens is 160 g/mol. The quantitative estimate of drug-likeness (QED) is 0.716. The number of benzene rings is 1. The third-order valence-electron chi connectivity index (χ3n) is 1.98. The lowest BCUT2D eigenvalue weighted by Crippen LogP contribution is -1.91. The molecule has 1 heterocycles. The first-order chi connectivity index (χ1) is 6.40. The first-order valence-electron chi connectivity index (χ1n) is 4.34. The summed E-state index contributed by atoms with van der Waals surface area (Å²) in [6, 6.07) is 10.3. The topological polar surface area (TPSA) is 41.8 Å². The number of rotatable bonds is 2. The Kier molecular flexibility index (Phi) is 2.15. The molecule has 0 saturated carbocycles. The monoisotopic (exact) mass is 172 g/mol. The van der Waals surface area contributed by atoms with Gasteiger partial charge in [-0.05, 0) is 23.6 Å². The van der Waals surface area contributed by atoms with Crippen LogP contribution >= 0.6 is 0 Å². The molecular formula is C11H12N2. The maximum Gasteiger partial charge on any atom is 0.0458 e. The molecule has 2 heteroatoms. The summed E-state index contributed by atoms with van der Waals surface area (Å²) in [6.07, 6.45) is 3.94. The standard InChI is InChI=1S/C11H12N2/c12-7-3-5-10-8-9-4-1-2-6-11(9)13-10/h1-6,8,13H,7,12H2. The molecule has 2 nitrogen and oxygen atoms in total. The van der Waals surface area contributed by atoms with Gasteiger partial charge in [-0.1, -0.05) is 24.3 Å². The fourth-order valence-corrected chi connectivity index (χ4v) is 1.38. The maximum atomic E-state index is 5.37. The van der Waals surface area contributed by atoms with Gasteiger partial charge in [0.2, 0.25) is 0 Å². The normalized spacial score (nSPS) is 11.5. The molecule has 0 bridgehead atoms. The molecule has 0 aliphatic rings. The van der Waals surface area contributed by atoms with Gasteiger partial charge < -0.3 is 10.7 Å². The van der Waals surface area contributed by atoms with Crippen molar-refractivity contribution in [1.29, 1.82) is 0 Å². The molecule has 1 aromatic heterocycles. The van der Waals surface area contributed by atoms with Crippen LogP contribution in [0.3, 0.4) is 0 Å². The van der Waals surface area contributed by atoms with Crippen molar-refractivity contribution in [3.8, 4) is 0 Å². The van der Waals surface area contributed by atoms with E-state index in [0.29, 0.717) is 6.54 Å². The molecule has 0 radical (unpaired) electrons. The predicted octanol–water partition coefficient (Wildman–Crippen LogP) is 2.14. The van der Waals surface area contributed by atoms with Crippen LogP contribution in [0.5, 0.6) is 0 Å². The van der Waals surface area contributed by atoms with Gasteiger partial charge in [0.05, 0.1) is 0 Å². The van der Waals surface area contributed by atoms with E-state index >= 15 is 0 Å². The van der Waals surface area contributed by atoms with Crippen LogP contribution in [0.2, 0.25) is 0 Å². The van der Waals surface area contributed by atoms with Crippen LogP contribution in [0.4, 0.5) is 0 Å². The number of aromatic nitrogens is 1. The summed E-state index contributed by atoms with van der Waals surface area (Å²) >= 11 is 0. The molecule has 0 aliphatic carbocycles. The fourth-order valence-electron chi connectivity index (χ4n) is 1.38.